The summed E-state index contributed by atoms with van der Waals surface area (Å²) in [5.74, 6) is 0.212. The Morgan fingerprint density at radius 2 is 2.28 bits per heavy atom. The third-order valence-electron chi connectivity index (χ3n) is 3.45. The summed E-state index contributed by atoms with van der Waals surface area (Å²) in [5, 5.41) is 3.17. The predicted octanol–water partition coefficient (Wildman–Crippen LogP) is 2.61. The molecule has 0 aliphatic carbocycles. The fraction of sp³-hybridized carbons (Fsp3) is 0.615. The van der Waals surface area contributed by atoms with Crippen LogP contribution in [-0.4, -0.2) is 37.0 Å². The molecule has 0 radical (unpaired) electrons. The van der Waals surface area contributed by atoms with Crippen LogP contribution < -0.4 is 5.32 Å². The van der Waals surface area contributed by atoms with Crippen molar-refractivity contribution in [3.63, 3.8) is 0 Å². The van der Waals surface area contributed by atoms with Gasteiger partial charge in [0.15, 0.2) is 0 Å². The van der Waals surface area contributed by atoms with Crippen molar-refractivity contribution < 1.29 is 4.79 Å². The van der Waals surface area contributed by atoms with Crippen LogP contribution in [0.15, 0.2) is 6.07 Å². The first-order chi connectivity index (χ1) is 8.13. The largest absolute Gasteiger partial charge is 0.334 e. The molecule has 18 heavy (non-hydrogen) atoms. The van der Waals surface area contributed by atoms with Crippen molar-refractivity contribution in [2.45, 2.75) is 32.7 Å². The maximum atomic E-state index is 12.4. The monoisotopic (exact) mass is 288 g/mol. The average Bonchev–Trinajstić information content (AvgIpc) is 2.87. The SMILES string of the molecule is CNCC1CCCN1C(=O)c1cc(C)c(C)s1.Cl. The van der Waals surface area contributed by atoms with Crippen molar-refractivity contribution in [1.29, 1.82) is 0 Å². The Morgan fingerprint density at radius 3 is 2.83 bits per heavy atom. The average molecular weight is 289 g/mol. The number of thiophene rings is 1. The molecule has 2 rings (SSSR count). The second-order valence-electron chi connectivity index (χ2n) is 4.70. The molecule has 1 aliphatic rings. The Bertz CT molecular complexity index is 400. The Kier molecular flexibility index (Phi) is 5.63. The van der Waals surface area contributed by atoms with E-state index in [9.17, 15) is 4.79 Å². The number of hydrogen-bond acceptors (Lipinski definition) is 3. The summed E-state index contributed by atoms with van der Waals surface area (Å²) < 4.78 is 0. The van der Waals surface area contributed by atoms with E-state index in [-0.39, 0.29) is 18.3 Å². The molecule has 1 aromatic heterocycles. The lowest BCUT2D eigenvalue weighted by atomic mass is 10.2. The van der Waals surface area contributed by atoms with Gasteiger partial charge in [0, 0.05) is 24.0 Å². The summed E-state index contributed by atoms with van der Waals surface area (Å²) in [6.45, 7) is 5.94. The number of nitrogens with zero attached hydrogens (tertiary/aromatic N) is 1. The van der Waals surface area contributed by atoms with Gasteiger partial charge in [0.05, 0.1) is 4.88 Å². The summed E-state index contributed by atoms with van der Waals surface area (Å²) in [7, 11) is 1.94. The number of hydrogen-bond donors (Lipinski definition) is 1. The molecule has 1 aromatic rings. The molecule has 2 heterocycles. The quantitative estimate of drug-likeness (QED) is 0.927. The summed E-state index contributed by atoms with van der Waals surface area (Å²) >= 11 is 1.62. The first kappa shape index (κ1) is 15.5. The van der Waals surface area contributed by atoms with Gasteiger partial charge in [-0.25, -0.2) is 0 Å². The van der Waals surface area contributed by atoms with Crippen LogP contribution in [0.1, 0.15) is 33.0 Å². The van der Waals surface area contributed by atoms with Crippen molar-refractivity contribution in [3.8, 4) is 0 Å². The number of carbonyl (C=O) groups is 1. The zero-order valence-corrected chi connectivity index (χ0v) is 12.8. The first-order valence-electron chi connectivity index (χ1n) is 6.16. The molecule has 102 valence electrons. The van der Waals surface area contributed by atoms with Gasteiger partial charge < -0.3 is 10.2 Å². The molecule has 1 amide bonds. The molecule has 1 aliphatic heterocycles. The summed E-state index contributed by atoms with van der Waals surface area (Å²) in [4.78, 5) is 16.6. The fourth-order valence-corrected chi connectivity index (χ4v) is 3.36. The molecule has 0 bridgehead atoms. The molecule has 1 unspecified atom stereocenters. The lowest BCUT2D eigenvalue weighted by molar-refractivity contribution is 0.0742. The molecule has 3 nitrogen and oxygen atoms in total. The topological polar surface area (TPSA) is 32.3 Å². The van der Waals surface area contributed by atoms with Crippen molar-refractivity contribution in [3.05, 3.63) is 21.4 Å². The maximum absolute atomic E-state index is 12.4. The minimum absolute atomic E-state index is 0. The molecule has 1 atom stereocenters. The van der Waals surface area contributed by atoms with Gasteiger partial charge in [-0.15, -0.1) is 23.7 Å². The molecule has 1 fully saturated rings. The van der Waals surface area contributed by atoms with Gasteiger partial charge in [-0.05, 0) is 45.4 Å². The van der Waals surface area contributed by atoms with Gasteiger partial charge in [-0.1, -0.05) is 0 Å². The zero-order valence-electron chi connectivity index (χ0n) is 11.2. The van der Waals surface area contributed by atoms with Crippen LogP contribution in [0.4, 0.5) is 0 Å². The van der Waals surface area contributed by atoms with Crippen LogP contribution in [0, 0.1) is 13.8 Å². The standard InChI is InChI=1S/C13H20N2OS.ClH/c1-9-7-12(17-10(9)2)13(16)15-6-4-5-11(15)8-14-3;/h7,11,14H,4-6,8H2,1-3H3;1H. The van der Waals surface area contributed by atoms with E-state index in [1.165, 1.54) is 10.4 Å². The molecular weight excluding hydrogens is 268 g/mol. The number of amides is 1. The molecule has 1 saturated heterocycles. The Balaban J connectivity index is 0.00000162. The van der Waals surface area contributed by atoms with Crippen LogP contribution >= 0.6 is 23.7 Å². The minimum atomic E-state index is 0. The first-order valence-corrected chi connectivity index (χ1v) is 6.97. The molecule has 0 spiro atoms. The van der Waals surface area contributed by atoms with Gasteiger partial charge in [-0.2, -0.15) is 0 Å². The van der Waals surface area contributed by atoms with Crippen molar-refractivity contribution in [2.24, 2.45) is 0 Å². The van der Waals surface area contributed by atoms with E-state index < -0.39 is 0 Å². The smallest absolute Gasteiger partial charge is 0.264 e. The van der Waals surface area contributed by atoms with Crippen LogP contribution in [0.25, 0.3) is 0 Å². The maximum Gasteiger partial charge on any atom is 0.264 e. The molecule has 1 N–H and O–H groups in total. The number of aryl methyl sites for hydroxylation is 2. The van der Waals surface area contributed by atoms with Crippen LogP contribution in [0.5, 0.6) is 0 Å². The predicted molar refractivity (Wildman–Crippen MR) is 79.0 cm³/mol. The summed E-state index contributed by atoms with van der Waals surface area (Å²) in [6, 6.07) is 2.40. The highest BCUT2D eigenvalue weighted by molar-refractivity contribution is 7.14. The number of likely N-dealkylation sites (N-methyl/N-ethyl adjacent to an activating group) is 1. The summed E-state index contributed by atoms with van der Waals surface area (Å²) in [6.07, 6.45) is 2.25. The van der Waals surface area contributed by atoms with Gasteiger partial charge >= 0.3 is 0 Å². The van der Waals surface area contributed by atoms with Gasteiger partial charge in [-0.3, -0.25) is 4.79 Å². The number of likely N-dealkylation sites (tertiary alicyclic amines) is 1. The van der Waals surface area contributed by atoms with Crippen LogP contribution in [0.3, 0.4) is 0 Å². The second-order valence-corrected chi connectivity index (χ2v) is 5.96. The lowest BCUT2D eigenvalue weighted by Gasteiger charge is -2.23. The molecule has 0 saturated carbocycles. The van der Waals surface area contributed by atoms with E-state index in [0.717, 1.165) is 30.8 Å². The summed E-state index contributed by atoms with van der Waals surface area (Å²) in [5.41, 5.74) is 1.22. The number of halogens is 1. The third-order valence-corrected chi connectivity index (χ3v) is 4.60. The van der Waals surface area contributed by atoms with Gasteiger partial charge in [0.25, 0.3) is 5.91 Å². The number of carbonyl (C=O) groups excluding carboxylic acids is 1. The normalized spacial score (nSPS) is 18.8. The fourth-order valence-electron chi connectivity index (χ4n) is 2.37. The van der Waals surface area contributed by atoms with E-state index in [4.69, 9.17) is 0 Å². The Hall–Kier alpha value is -0.580. The van der Waals surface area contributed by atoms with E-state index >= 15 is 0 Å². The van der Waals surface area contributed by atoms with E-state index in [0.29, 0.717) is 6.04 Å². The number of nitrogens with one attached hydrogen (secondary N) is 1. The second kappa shape index (κ2) is 6.55. The van der Waals surface area contributed by atoms with Crippen molar-refractivity contribution in [2.75, 3.05) is 20.1 Å². The lowest BCUT2D eigenvalue weighted by Crippen LogP contribution is -2.40. The molecular formula is C13H21ClN2OS. The van der Waals surface area contributed by atoms with Gasteiger partial charge in [0.2, 0.25) is 0 Å². The van der Waals surface area contributed by atoms with Gasteiger partial charge in [0.1, 0.15) is 0 Å². The molecule has 0 aromatic carbocycles. The highest BCUT2D eigenvalue weighted by atomic mass is 35.5. The highest BCUT2D eigenvalue weighted by Gasteiger charge is 2.29. The Labute approximate surface area is 119 Å². The third kappa shape index (κ3) is 3.05. The van der Waals surface area contributed by atoms with E-state index in [2.05, 4.69) is 19.2 Å². The van der Waals surface area contributed by atoms with Crippen LogP contribution in [0.2, 0.25) is 0 Å². The Morgan fingerprint density at radius 1 is 1.56 bits per heavy atom. The van der Waals surface area contributed by atoms with Crippen molar-refractivity contribution >= 4 is 29.7 Å². The van der Waals surface area contributed by atoms with Crippen LogP contribution in [-0.2, 0) is 0 Å². The minimum Gasteiger partial charge on any atom is -0.334 e. The van der Waals surface area contributed by atoms with Crippen molar-refractivity contribution in [1.82, 2.24) is 10.2 Å². The highest BCUT2D eigenvalue weighted by Crippen LogP contribution is 2.25. The van der Waals surface area contributed by atoms with E-state index in [1.807, 2.05) is 18.0 Å². The zero-order chi connectivity index (χ0) is 12.4. The number of rotatable bonds is 3. The van der Waals surface area contributed by atoms with E-state index in [1.54, 1.807) is 11.3 Å². The molecule has 5 heteroatoms.